The van der Waals surface area contributed by atoms with Crippen LogP contribution in [-0.4, -0.2) is 14.7 Å². The van der Waals surface area contributed by atoms with Crippen LogP contribution in [0.4, 0.5) is 4.39 Å². The molecule has 2 rings (SSSR count). The monoisotopic (exact) mass is 250 g/mol. The van der Waals surface area contributed by atoms with Crippen molar-refractivity contribution in [1.82, 2.24) is 9.55 Å². The van der Waals surface area contributed by atoms with Crippen molar-refractivity contribution in [2.75, 3.05) is 0 Å². The minimum Gasteiger partial charge on any atom is -0.385 e. The molecule has 0 bridgehead atoms. The van der Waals surface area contributed by atoms with E-state index in [1.165, 1.54) is 6.07 Å². The summed E-state index contributed by atoms with van der Waals surface area (Å²) < 4.78 is 15.8. The molecule has 1 unspecified atom stereocenters. The molecule has 0 aliphatic carbocycles. The zero-order valence-corrected chi connectivity index (χ0v) is 11.5. The van der Waals surface area contributed by atoms with Crippen LogP contribution in [0.5, 0.6) is 0 Å². The quantitative estimate of drug-likeness (QED) is 0.843. The van der Waals surface area contributed by atoms with E-state index < -0.39 is 6.10 Å². The second-order valence-electron chi connectivity index (χ2n) is 5.77. The number of imidazole rings is 1. The summed E-state index contributed by atoms with van der Waals surface area (Å²) in [4.78, 5) is 4.26. The maximum atomic E-state index is 13.9. The van der Waals surface area contributed by atoms with Crippen LogP contribution in [0.15, 0.2) is 12.1 Å². The van der Waals surface area contributed by atoms with Crippen molar-refractivity contribution in [1.29, 1.82) is 0 Å². The van der Waals surface area contributed by atoms with Crippen molar-refractivity contribution >= 4 is 11.0 Å². The van der Waals surface area contributed by atoms with Crippen molar-refractivity contribution < 1.29 is 9.50 Å². The highest BCUT2D eigenvalue weighted by atomic mass is 19.1. The van der Waals surface area contributed by atoms with Crippen LogP contribution >= 0.6 is 0 Å². The molecular formula is C14H19FN2O. The standard InChI is InChI=1S/C14H19FN2O/c1-8-6-10(15)12-11(7-8)17(14(3,4)5)13(16-12)9(2)18/h6-7,9,18H,1-5H3. The number of aliphatic hydroxyl groups excluding tert-OH is 1. The zero-order valence-electron chi connectivity index (χ0n) is 11.5. The molecule has 18 heavy (non-hydrogen) atoms. The van der Waals surface area contributed by atoms with Crippen LogP contribution in [0.3, 0.4) is 0 Å². The lowest BCUT2D eigenvalue weighted by atomic mass is 10.1. The summed E-state index contributed by atoms with van der Waals surface area (Å²) in [7, 11) is 0. The average Bonchev–Trinajstić information content (AvgIpc) is 2.56. The first kappa shape index (κ1) is 13.0. The number of fused-ring (bicyclic) bond motifs is 1. The summed E-state index contributed by atoms with van der Waals surface area (Å²) in [5, 5.41) is 9.82. The number of aromatic nitrogens is 2. The van der Waals surface area contributed by atoms with Crippen molar-refractivity contribution in [2.45, 2.75) is 46.3 Å². The fraction of sp³-hybridized carbons (Fsp3) is 0.500. The summed E-state index contributed by atoms with van der Waals surface area (Å²) in [5.41, 5.74) is 1.64. The van der Waals surface area contributed by atoms with Gasteiger partial charge in [0.2, 0.25) is 0 Å². The van der Waals surface area contributed by atoms with Crippen molar-refractivity contribution in [2.24, 2.45) is 0 Å². The Morgan fingerprint density at radius 3 is 2.44 bits per heavy atom. The molecule has 0 fully saturated rings. The number of hydrogen-bond donors (Lipinski definition) is 1. The first-order valence-electron chi connectivity index (χ1n) is 6.09. The van der Waals surface area contributed by atoms with Crippen LogP contribution in [0.2, 0.25) is 0 Å². The number of rotatable bonds is 1. The minimum atomic E-state index is -0.726. The van der Waals surface area contributed by atoms with Gasteiger partial charge in [-0.05, 0) is 52.3 Å². The first-order chi connectivity index (χ1) is 8.21. The van der Waals surface area contributed by atoms with E-state index in [-0.39, 0.29) is 11.4 Å². The van der Waals surface area contributed by atoms with E-state index >= 15 is 0 Å². The maximum Gasteiger partial charge on any atom is 0.151 e. The molecule has 0 aliphatic rings. The highest BCUT2D eigenvalue weighted by Gasteiger charge is 2.25. The fourth-order valence-electron chi connectivity index (χ4n) is 2.27. The van der Waals surface area contributed by atoms with E-state index in [9.17, 15) is 9.50 Å². The van der Waals surface area contributed by atoms with E-state index in [4.69, 9.17) is 0 Å². The third-order valence-corrected chi connectivity index (χ3v) is 2.93. The Bertz CT molecular complexity index is 594. The fourth-order valence-corrected chi connectivity index (χ4v) is 2.27. The predicted molar refractivity (Wildman–Crippen MR) is 70.1 cm³/mol. The van der Waals surface area contributed by atoms with Gasteiger partial charge in [0.05, 0.1) is 5.52 Å². The van der Waals surface area contributed by atoms with Crippen molar-refractivity contribution in [3.05, 3.63) is 29.3 Å². The van der Waals surface area contributed by atoms with Gasteiger partial charge in [0.25, 0.3) is 0 Å². The van der Waals surface area contributed by atoms with E-state index in [0.717, 1.165) is 11.1 Å². The molecule has 1 aromatic heterocycles. The lowest BCUT2D eigenvalue weighted by Gasteiger charge is -2.25. The maximum absolute atomic E-state index is 13.9. The molecule has 1 aromatic carbocycles. The van der Waals surface area contributed by atoms with Crippen LogP contribution in [0.25, 0.3) is 11.0 Å². The molecule has 0 amide bonds. The van der Waals surface area contributed by atoms with E-state index in [1.807, 2.05) is 38.3 Å². The van der Waals surface area contributed by atoms with Gasteiger partial charge in [-0.2, -0.15) is 0 Å². The highest BCUT2D eigenvalue weighted by Crippen LogP contribution is 2.30. The van der Waals surface area contributed by atoms with Crippen molar-refractivity contribution in [3.8, 4) is 0 Å². The molecule has 0 spiro atoms. The number of aryl methyl sites for hydroxylation is 1. The normalized spacial score (nSPS) is 14.2. The largest absolute Gasteiger partial charge is 0.385 e. The third kappa shape index (κ3) is 2.01. The second kappa shape index (κ2) is 4.05. The molecule has 0 radical (unpaired) electrons. The molecule has 3 nitrogen and oxygen atoms in total. The molecule has 4 heteroatoms. The molecule has 98 valence electrons. The van der Waals surface area contributed by atoms with Crippen LogP contribution in [0, 0.1) is 12.7 Å². The van der Waals surface area contributed by atoms with Gasteiger partial charge < -0.3 is 9.67 Å². The van der Waals surface area contributed by atoms with Gasteiger partial charge in [-0.1, -0.05) is 0 Å². The van der Waals surface area contributed by atoms with Gasteiger partial charge in [0, 0.05) is 5.54 Å². The Labute approximate surface area is 106 Å². The number of aliphatic hydroxyl groups is 1. The third-order valence-electron chi connectivity index (χ3n) is 2.93. The predicted octanol–water partition coefficient (Wildman–Crippen LogP) is 3.29. The van der Waals surface area contributed by atoms with Gasteiger partial charge in [0.1, 0.15) is 17.4 Å². The van der Waals surface area contributed by atoms with Crippen molar-refractivity contribution in [3.63, 3.8) is 0 Å². The summed E-state index contributed by atoms with van der Waals surface area (Å²) in [6.07, 6.45) is -0.726. The number of nitrogens with zero attached hydrogens (tertiary/aromatic N) is 2. The Morgan fingerprint density at radius 1 is 1.33 bits per heavy atom. The summed E-state index contributed by atoms with van der Waals surface area (Å²) >= 11 is 0. The van der Waals surface area contributed by atoms with Gasteiger partial charge >= 0.3 is 0 Å². The highest BCUT2D eigenvalue weighted by molar-refractivity contribution is 5.78. The number of halogens is 1. The Hall–Kier alpha value is -1.42. The van der Waals surface area contributed by atoms with Crippen LogP contribution in [0.1, 0.15) is 45.2 Å². The molecule has 1 atom stereocenters. The van der Waals surface area contributed by atoms with Gasteiger partial charge in [-0.15, -0.1) is 0 Å². The second-order valence-corrected chi connectivity index (χ2v) is 5.77. The number of benzene rings is 1. The molecular weight excluding hydrogens is 231 g/mol. The van der Waals surface area contributed by atoms with Gasteiger partial charge in [-0.25, -0.2) is 9.37 Å². The molecule has 2 aromatic rings. The zero-order chi connectivity index (χ0) is 13.7. The van der Waals surface area contributed by atoms with Crippen LogP contribution < -0.4 is 0 Å². The van der Waals surface area contributed by atoms with E-state index in [0.29, 0.717) is 11.3 Å². The molecule has 0 aliphatic heterocycles. The average molecular weight is 250 g/mol. The summed E-state index contributed by atoms with van der Waals surface area (Å²) in [5.74, 6) is 0.164. The summed E-state index contributed by atoms with van der Waals surface area (Å²) in [6.45, 7) is 9.54. The number of hydrogen-bond acceptors (Lipinski definition) is 2. The lowest BCUT2D eigenvalue weighted by Crippen LogP contribution is -2.25. The smallest absolute Gasteiger partial charge is 0.151 e. The molecule has 0 saturated carbocycles. The minimum absolute atomic E-state index is 0.263. The topological polar surface area (TPSA) is 38.1 Å². The van der Waals surface area contributed by atoms with E-state index in [2.05, 4.69) is 4.98 Å². The van der Waals surface area contributed by atoms with E-state index in [1.54, 1.807) is 6.92 Å². The Morgan fingerprint density at radius 2 is 1.94 bits per heavy atom. The molecule has 0 saturated heterocycles. The van der Waals surface area contributed by atoms with Gasteiger partial charge in [-0.3, -0.25) is 0 Å². The van der Waals surface area contributed by atoms with Gasteiger partial charge in [0.15, 0.2) is 5.82 Å². The van der Waals surface area contributed by atoms with Crippen LogP contribution in [-0.2, 0) is 5.54 Å². The lowest BCUT2D eigenvalue weighted by molar-refractivity contribution is 0.176. The first-order valence-corrected chi connectivity index (χ1v) is 6.09. The Kier molecular flexibility index (Phi) is 2.93. The molecule has 1 N–H and O–H groups in total. The SMILES string of the molecule is Cc1cc(F)c2nc(C(C)O)n(C(C)(C)C)c2c1. The molecule has 1 heterocycles. The summed E-state index contributed by atoms with van der Waals surface area (Å²) in [6, 6.07) is 3.37. The Balaban J connectivity index is 2.90.